The molecule has 0 radical (unpaired) electrons. The third-order valence-electron chi connectivity index (χ3n) is 3.74. The molecular weight excluding hydrogens is 244 g/mol. The average Bonchev–Trinajstić information content (AvgIpc) is 2.49. The van der Waals surface area contributed by atoms with Crippen molar-refractivity contribution >= 4 is 0 Å². The largest absolute Gasteiger partial charge is 0.306 e. The standard InChI is InChI=1S/C18H24N2/c1-4-11-20-18(17-13-19-12-10-14(17)3)16-9-7-6-8-15(16)5-2/h6-10,12-13,18,20H,4-5,11H2,1-3H3. The Labute approximate surface area is 122 Å². The van der Waals surface area contributed by atoms with Gasteiger partial charge in [0.15, 0.2) is 0 Å². The molecule has 1 atom stereocenters. The second-order valence-electron chi connectivity index (χ2n) is 5.17. The average molecular weight is 268 g/mol. The Morgan fingerprint density at radius 1 is 1.10 bits per heavy atom. The van der Waals surface area contributed by atoms with Gasteiger partial charge < -0.3 is 5.32 Å². The third-order valence-corrected chi connectivity index (χ3v) is 3.74. The zero-order valence-electron chi connectivity index (χ0n) is 12.7. The Kier molecular flexibility index (Phi) is 5.31. The first-order valence-electron chi connectivity index (χ1n) is 7.49. The second kappa shape index (κ2) is 7.20. The molecule has 2 aromatic rings. The van der Waals surface area contributed by atoms with E-state index in [4.69, 9.17) is 0 Å². The molecule has 0 fully saturated rings. The molecule has 1 aromatic carbocycles. The predicted octanol–water partition coefficient (Wildman–Crippen LogP) is 4.04. The van der Waals surface area contributed by atoms with Crippen LogP contribution in [-0.2, 0) is 6.42 Å². The summed E-state index contributed by atoms with van der Waals surface area (Å²) in [6, 6.07) is 11.0. The first kappa shape index (κ1) is 14.7. The molecule has 0 aliphatic heterocycles. The molecule has 1 unspecified atom stereocenters. The van der Waals surface area contributed by atoms with Gasteiger partial charge in [-0.2, -0.15) is 0 Å². The van der Waals surface area contributed by atoms with E-state index in [0.717, 1.165) is 19.4 Å². The van der Waals surface area contributed by atoms with E-state index in [2.05, 4.69) is 61.4 Å². The summed E-state index contributed by atoms with van der Waals surface area (Å²) in [5.74, 6) is 0. The van der Waals surface area contributed by atoms with E-state index >= 15 is 0 Å². The van der Waals surface area contributed by atoms with E-state index in [1.165, 1.54) is 22.3 Å². The molecule has 2 heteroatoms. The van der Waals surface area contributed by atoms with Crippen LogP contribution in [0.15, 0.2) is 42.7 Å². The van der Waals surface area contributed by atoms with Gasteiger partial charge in [-0.1, -0.05) is 38.1 Å². The van der Waals surface area contributed by atoms with Crippen molar-refractivity contribution in [2.45, 2.75) is 39.7 Å². The van der Waals surface area contributed by atoms with E-state index in [-0.39, 0.29) is 6.04 Å². The number of nitrogens with one attached hydrogen (secondary N) is 1. The Balaban J connectivity index is 2.44. The second-order valence-corrected chi connectivity index (χ2v) is 5.17. The van der Waals surface area contributed by atoms with Crippen LogP contribution in [0.3, 0.4) is 0 Å². The summed E-state index contributed by atoms with van der Waals surface area (Å²) in [4.78, 5) is 4.32. The molecule has 0 bridgehead atoms. The molecular formula is C18H24N2. The van der Waals surface area contributed by atoms with Gasteiger partial charge in [-0.05, 0) is 54.6 Å². The quantitative estimate of drug-likeness (QED) is 0.855. The maximum atomic E-state index is 4.32. The molecule has 0 spiro atoms. The van der Waals surface area contributed by atoms with Gasteiger partial charge in [-0.25, -0.2) is 0 Å². The fourth-order valence-electron chi connectivity index (χ4n) is 2.59. The molecule has 1 heterocycles. The van der Waals surface area contributed by atoms with E-state index in [1.54, 1.807) is 0 Å². The SMILES string of the molecule is CCCNC(c1cnccc1C)c1ccccc1CC. The van der Waals surface area contributed by atoms with Crippen molar-refractivity contribution in [1.82, 2.24) is 10.3 Å². The lowest BCUT2D eigenvalue weighted by molar-refractivity contribution is 0.591. The number of rotatable bonds is 6. The van der Waals surface area contributed by atoms with Crippen molar-refractivity contribution in [3.8, 4) is 0 Å². The van der Waals surface area contributed by atoms with Crippen LogP contribution in [0, 0.1) is 6.92 Å². The number of aryl methyl sites for hydroxylation is 2. The highest BCUT2D eigenvalue weighted by Crippen LogP contribution is 2.27. The van der Waals surface area contributed by atoms with Crippen LogP contribution < -0.4 is 5.32 Å². The molecule has 2 rings (SSSR count). The van der Waals surface area contributed by atoms with Gasteiger partial charge in [0.25, 0.3) is 0 Å². The highest BCUT2D eigenvalue weighted by atomic mass is 14.9. The van der Waals surface area contributed by atoms with Gasteiger partial charge >= 0.3 is 0 Å². The predicted molar refractivity (Wildman–Crippen MR) is 84.9 cm³/mol. The van der Waals surface area contributed by atoms with Crippen molar-refractivity contribution in [2.75, 3.05) is 6.54 Å². The lowest BCUT2D eigenvalue weighted by Crippen LogP contribution is -2.25. The molecule has 106 valence electrons. The van der Waals surface area contributed by atoms with Crippen molar-refractivity contribution < 1.29 is 0 Å². The van der Waals surface area contributed by atoms with Gasteiger partial charge in [0.1, 0.15) is 0 Å². The Morgan fingerprint density at radius 2 is 1.90 bits per heavy atom. The maximum Gasteiger partial charge on any atom is 0.0597 e. The summed E-state index contributed by atoms with van der Waals surface area (Å²) in [5, 5.41) is 3.68. The van der Waals surface area contributed by atoms with Gasteiger partial charge in [0.05, 0.1) is 6.04 Å². The molecule has 2 nitrogen and oxygen atoms in total. The first-order chi connectivity index (χ1) is 9.77. The maximum absolute atomic E-state index is 4.32. The first-order valence-corrected chi connectivity index (χ1v) is 7.49. The van der Waals surface area contributed by atoms with E-state index < -0.39 is 0 Å². The van der Waals surface area contributed by atoms with Crippen LogP contribution in [0.5, 0.6) is 0 Å². The number of nitrogens with zero attached hydrogens (tertiary/aromatic N) is 1. The monoisotopic (exact) mass is 268 g/mol. The Hall–Kier alpha value is -1.67. The van der Waals surface area contributed by atoms with E-state index in [0.29, 0.717) is 0 Å². The van der Waals surface area contributed by atoms with Crippen molar-refractivity contribution in [1.29, 1.82) is 0 Å². The molecule has 20 heavy (non-hydrogen) atoms. The number of hydrogen-bond acceptors (Lipinski definition) is 2. The summed E-state index contributed by atoms with van der Waals surface area (Å²) < 4.78 is 0. The number of pyridine rings is 1. The van der Waals surface area contributed by atoms with Crippen LogP contribution in [0.4, 0.5) is 0 Å². The highest BCUT2D eigenvalue weighted by Gasteiger charge is 2.17. The van der Waals surface area contributed by atoms with E-state index in [1.807, 2.05) is 12.4 Å². The van der Waals surface area contributed by atoms with E-state index in [9.17, 15) is 0 Å². The zero-order chi connectivity index (χ0) is 14.4. The van der Waals surface area contributed by atoms with Crippen LogP contribution in [0.1, 0.15) is 48.6 Å². The number of aromatic nitrogens is 1. The molecule has 0 saturated heterocycles. The number of hydrogen-bond donors (Lipinski definition) is 1. The van der Waals surface area contributed by atoms with Crippen LogP contribution in [0.2, 0.25) is 0 Å². The third kappa shape index (κ3) is 3.26. The zero-order valence-corrected chi connectivity index (χ0v) is 12.7. The highest BCUT2D eigenvalue weighted by molar-refractivity contribution is 5.39. The van der Waals surface area contributed by atoms with Crippen molar-refractivity contribution in [3.63, 3.8) is 0 Å². The molecule has 0 amide bonds. The van der Waals surface area contributed by atoms with Gasteiger partial charge in [-0.15, -0.1) is 0 Å². The summed E-state index contributed by atoms with van der Waals surface area (Å²) in [5.41, 5.74) is 5.35. The fraction of sp³-hybridized carbons (Fsp3) is 0.389. The van der Waals surface area contributed by atoms with Gasteiger partial charge in [0.2, 0.25) is 0 Å². The molecule has 0 aliphatic rings. The summed E-state index contributed by atoms with van der Waals surface area (Å²) in [6.45, 7) is 7.58. The molecule has 0 saturated carbocycles. The molecule has 0 aliphatic carbocycles. The molecule has 1 N–H and O–H groups in total. The van der Waals surface area contributed by atoms with Gasteiger partial charge in [0, 0.05) is 12.4 Å². The van der Waals surface area contributed by atoms with Crippen molar-refractivity contribution in [2.24, 2.45) is 0 Å². The minimum absolute atomic E-state index is 0.236. The summed E-state index contributed by atoms with van der Waals surface area (Å²) in [7, 11) is 0. The smallest absolute Gasteiger partial charge is 0.0597 e. The summed E-state index contributed by atoms with van der Waals surface area (Å²) >= 11 is 0. The topological polar surface area (TPSA) is 24.9 Å². The van der Waals surface area contributed by atoms with Crippen LogP contribution in [0.25, 0.3) is 0 Å². The summed E-state index contributed by atoms with van der Waals surface area (Å²) in [6.07, 6.45) is 6.04. The fourth-order valence-corrected chi connectivity index (χ4v) is 2.59. The van der Waals surface area contributed by atoms with Crippen LogP contribution >= 0.6 is 0 Å². The lowest BCUT2D eigenvalue weighted by atomic mass is 9.92. The number of benzene rings is 1. The van der Waals surface area contributed by atoms with Crippen LogP contribution in [-0.4, -0.2) is 11.5 Å². The molecule has 1 aromatic heterocycles. The van der Waals surface area contributed by atoms with Crippen molar-refractivity contribution in [3.05, 3.63) is 65.0 Å². The minimum atomic E-state index is 0.236. The Bertz CT molecular complexity index is 549. The lowest BCUT2D eigenvalue weighted by Gasteiger charge is -2.23. The van der Waals surface area contributed by atoms with Gasteiger partial charge in [-0.3, -0.25) is 4.98 Å². The normalized spacial score (nSPS) is 12.3. The Morgan fingerprint density at radius 3 is 2.60 bits per heavy atom. The minimum Gasteiger partial charge on any atom is -0.306 e.